The van der Waals surface area contributed by atoms with Gasteiger partial charge in [-0.3, -0.25) is 4.55 Å². The van der Waals surface area contributed by atoms with Gasteiger partial charge in [-0.2, -0.15) is 21.6 Å². The van der Waals surface area contributed by atoms with E-state index in [4.69, 9.17) is 16.2 Å². The third-order valence-corrected chi connectivity index (χ3v) is 3.16. The average Bonchev–Trinajstić information content (AvgIpc) is 2.05. The van der Waals surface area contributed by atoms with Crippen molar-refractivity contribution >= 4 is 21.7 Å². The Kier molecular flexibility index (Phi) is 3.24. The molecule has 0 unspecified atom stereocenters. The minimum atomic E-state index is -4.78. The summed E-state index contributed by atoms with van der Waals surface area (Å²) in [6.07, 6.45) is -4.78. The van der Waals surface area contributed by atoms with Gasteiger partial charge in [0.1, 0.15) is 0 Å². The van der Waals surface area contributed by atoms with Crippen LogP contribution < -0.4 is 0 Å². The summed E-state index contributed by atoms with van der Waals surface area (Å²) >= 11 is 5.40. The molecule has 0 aliphatic heterocycles. The zero-order valence-corrected chi connectivity index (χ0v) is 9.41. The number of halogens is 4. The van der Waals surface area contributed by atoms with Crippen molar-refractivity contribution in [3.05, 3.63) is 28.3 Å². The lowest BCUT2D eigenvalue weighted by molar-refractivity contribution is -0.137. The van der Waals surface area contributed by atoms with Crippen LogP contribution in [0.15, 0.2) is 17.0 Å². The van der Waals surface area contributed by atoms with E-state index in [-0.39, 0.29) is 5.56 Å². The van der Waals surface area contributed by atoms with Crippen LogP contribution >= 0.6 is 11.6 Å². The largest absolute Gasteiger partial charge is 0.417 e. The van der Waals surface area contributed by atoms with Crippen LogP contribution in [0.4, 0.5) is 13.2 Å². The highest BCUT2D eigenvalue weighted by Crippen LogP contribution is 2.37. The summed E-state index contributed by atoms with van der Waals surface area (Å²) in [7, 11) is -4.68. The molecule has 0 fully saturated rings. The van der Waals surface area contributed by atoms with Gasteiger partial charge in [0.15, 0.2) is 0 Å². The molecule has 0 heterocycles. The summed E-state index contributed by atoms with van der Waals surface area (Å²) in [6.45, 7) is 1.21. The van der Waals surface area contributed by atoms with Gasteiger partial charge in [-0.05, 0) is 24.6 Å². The maximum absolute atomic E-state index is 12.4. The maximum Gasteiger partial charge on any atom is 0.417 e. The van der Waals surface area contributed by atoms with Crippen molar-refractivity contribution in [3.63, 3.8) is 0 Å². The van der Waals surface area contributed by atoms with E-state index in [9.17, 15) is 21.6 Å². The predicted molar refractivity (Wildman–Crippen MR) is 51.0 cm³/mol. The fourth-order valence-corrected chi connectivity index (χ4v) is 1.90. The number of aryl methyl sites for hydroxylation is 1. The van der Waals surface area contributed by atoms with Crippen molar-refractivity contribution in [3.8, 4) is 0 Å². The van der Waals surface area contributed by atoms with E-state index >= 15 is 0 Å². The molecule has 0 saturated heterocycles. The van der Waals surface area contributed by atoms with Crippen molar-refractivity contribution in [1.29, 1.82) is 0 Å². The monoisotopic (exact) mass is 274 g/mol. The number of rotatable bonds is 1. The van der Waals surface area contributed by atoms with Gasteiger partial charge < -0.3 is 0 Å². The van der Waals surface area contributed by atoms with Gasteiger partial charge in [-0.15, -0.1) is 0 Å². The zero-order chi connectivity index (χ0) is 12.7. The first-order chi connectivity index (χ1) is 7.03. The van der Waals surface area contributed by atoms with Gasteiger partial charge in [0, 0.05) is 0 Å². The molecular weight excluding hydrogens is 269 g/mol. The second-order valence-electron chi connectivity index (χ2n) is 3.07. The Labute approximate surface area is 94.6 Å². The number of benzene rings is 1. The molecule has 1 aromatic carbocycles. The number of hydrogen-bond donors (Lipinski definition) is 1. The van der Waals surface area contributed by atoms with Crippen LogP contribution in [0.3, 0.4) is 0 Å². The van der Waals surface area contributed by atoms with Gasteiger partial charge in [0.25, 0.3) is 10.1 Å². The lowest BCUT2D eigenvalue weighted by atomic mass is 10.1. The van der Waals surface area contributed by atoms with Gasteiger partial charge in [-0.1, -0.05) is 11.6 Å². The lowest BCUT2D eigenvalue weighted by Crippen LogP contribution is -2.09. The molecule has 1 aromatic rings. The van der Waals surface area contributed by atoms with Crippen LogP contribution in [0.1, 0.15) is 11.1 Å². The lowest BCUT2D eigenvalue weighted by Gasteiger charge is -2.12. The van der Waals surface area contributed by atoms with Crippen LogP contribution in [0, 0.1) is 6.92 Å². The van der Waals surface area contributed by atoms with E-state index in [0.717, 1.165) is 6.07 Å². The summed E-state index contributed by atoms with van der Waals surface area (Å²) in [5.41, 5.74) is -1.37. The zero-order valence-electron chi connectivity index (χ0n) is 7.84. The van der Waals surface area contributed by atoms with E-state index < -0.39 is 31.8 Å². The Bertz CT molecular complexity index is 522. The number of alkyl halides is 3. The normalized spacial score (nSPS) is 12.9. The third-order valence-electron chi connectivity index (χ3n) is 1.83. The van der Waals surface area contributed by atoms with E-state index in [0.29, 0.717) is 6.07 Å². The first-order valence-corrected chi connectivity index (χ1v) is 5.70. The molecule has 0 bridgehead atoms. The summed E-state index contributed by atoms with van der Waals surface area (Å²) < 4.78 is 67.4. The molecule has 0 amide bonds. The van der Waals surface area contributed by atoms with Crippen molar-refractivity contribution in [2.24, 2.45) is 0 Å². The van der Waals surface area contributed by atoms with Crippen LogP contribution in [0.25, 0.3) is 0 Å². The smallest absolute Gasteiger partial charge is 0.282 e. The van der Waals surface area contributed by atoms with Crippen molar-refractivity contribution < 1.29 is 26.1 Å². The first kappa shape index (κ1) is 13.3. The molecule has 3 nitrogen and oxygen atoms in total. The fourth-order valence-electron chi connectivity index (χ4n) is 1.09. The Morgan fingerprint density at radius 2 is 1.81 bits per heavy atom. The van der Waals surface area contributed by atoms with Crippen molar-refractivity contribution in [2.45, 2.75) is 18.0 Å². The van der Waals surface area contributed by atoms with Gasteiger partial charge >= 0.3 is 6.18 Å². The van der Waals surface area contributed by atoms with Crippen LogP contribution in [-0.4, -0.2) is 13.0 Å². The molecule has 0 aliphatic rings. The standard InChI is InChI=1S/C8H6ClF3O3S/c1-4-2-5(16(13,14)15)3-6(7(4)9)8(10,11)12/h2-3H,1H3,(H,13,14,15). The van der Waals surface area contributed by atoms with Crippen molar-refractivity contribution in [1.82, 2.24) is 0 Å². The Balaban J connectivity index is 3.59. The molecule has 0 aromatic heterocycles. The molecule has 90 valence electrons. The van der Waals surface area contributed by atoms with Crippen molar-refractivity contribution in [2.75, 3.05) is 0 Å². The highest BCUT2D eigenvalue weighted by atomic mass is 35.5. The predicted octanol–water partition coefficient (Wildman–Crippen LogP) is 2.91. The van der Waals surface area contributed by atoms with E-state index in [1.807, 2.05) is 0 Å². The highest BCUT2D eigenvalue weighted by molar-refractivity contribution is 7.85. The molecule has 0 saturated carbocycles. The molecule has 1 N–H and O–H groups in total. The Hall–Kier alpha value is -0.790. The SMILES string of the molecule is Cc1cc(S(=O)(=O)O)cc(C(F)(F)F)c1Cl. The minimum Gasteiger partial charge on any atom is -0.282 e. The second kappa shape index (κ2) is 3.90. The quantitative estimate of drug-likeness (QED) is 0.801. The molecule has 0 radical (unpaired) electrons. The molecule has 1 rings (SSSR count). The molecule has 0 aliphatic carbocycles. The van der Waals surface area contributed by atoms with E-state index in [1.54, 1.807) is 0 Å². The molecule has 0 spiro atoms. The first-order valence-electron chi connectivity index (χ1n) is 3.88. The van der Waals surface area contributed by atoms with Gasteiger partial charge in [-0.25, -0.2) is 0 Å². The topological polar surface area (TPSA) is 54.4 Å². The average molecular weight is 275 g/mol. The summed E-state index contributed by atoms with van der Waals surface area (Å²) in [5, 5.41) is -0.583. The Morgan fingerprint density at radius 1 is 1.31 bits per heavy atom. The Morgan fingerprint density at radius 3 is 2.19 bits per heavy atom. The number of hydrogen-bond acceptors (Lipinski definition) is 2. The van der Waals surface area contributed by atoms with Gasteiger partial charge in [0.2, 0.25) is 0 Å². The maximum atomic E-state index is 12.4. The molecular formula is C8H6ClF3O3S. The summed E-state index contributed by atoms with van der Waals surface area (Å²) in [6, 6.07) is 1.16. The third kappa shape index (κ3) is 2.66. The summed E-state index contributed by atoms with van der Waals surface area (Å²) in [4.78, 5) is -0.832. The van der Waals surface area contributed by atoms with Crippen LogP contribution in [-0.2, 0) is 16.3 Å². The highest BCUT2D eigenvalue weighted by Gasteiger charge is 2.35. The minimum absolute atomic E-state index is 0.0795. The van der Waals surface area contributed by atoms with E-state index in [1.165, 1.54) is 6.92 Å². The molecule has 16 heavy (non-hydrogen) atoms. The molecule has 0 atom stereocenters. The van der Waals surface area contributed by atoms with Gasteiger partial charge in [0.05, 0.1) is 15.5 Å². The van der Waals surface area contributed by atoms with Crippen LogP contribution in [0.2, 0.25) is 5.02 Å². The summed E-state index contributed by atoms with van der Waals surface area (Å²) in [5.74, 6) is 0. The second-order valence-corrected chi connectivity index (χ2v) is 4.87. The molecule has 8 heteroatoms. The van der Waals surface area contributed by atoms with Crippen LogP contribution in [0.5, 0.6) is 0 Å². The van der Waals surface area contributed by atoms with E-state index in [2.05, 4.69) is 0 Å². The fraction of sp³-hybridized carbons (Fsp3) is 0.250.